The Balaban J connectivity index is 2.35. The smallest absolute Gasteiger partial charge is 0.232 e. The maximum absolute atomic E-state index is 9.17. The molecule has 6 nitrogen and oxygen atoms in total. The van der Waals surface area contributed by atoms with Crippen molar-refractivity contribution in [1.29, 1.82) is 5.26 Å². The van der Waals surface area contributed by atoms with Gasteiger partial charge in [-0.2, -0.15) is 10.2 Å². The molecule has 0 aliphatic heterocycles. The van der Waals surface area contributed by atoms with Gasteiger partial charge in [0.1, 0.15) is 6.07 Å². The maximum Gasteiger partial charge on any atom is 0.232 e. The van der Waals surface area contributed by atoms with Crippen molar-refractivity contribution in [2.45, 2.75) is 13.8 Å². The van der Waals surface area contributed by atoms with Crippen LogP contribution in [0.15, 0.2) is 22.6 Å². The van der Waals surface area contributed by atoms with Gasteiger partial charge in [0.15, 0.2) is 11.5 Å². The van der Waals surface area contributed by atoms with Gasteiger partial charge in [-0.15, -0.1) is 0 Å². The van der Waals surface area contributed by atoms with E-state index in [1.165, 1.54) is 0 Å². The molecule has 22 heavy (non-hydrogen) atoms. The van der Waals surface area contributed by atoms with Gasteiger partial charge in [0.05, 0.1) is 14.2 Å². The summed E-state index contributed by atoms with van der Waals surface area (Å²) in [5.74, 6) is 2.38. The predicted molar refractivity (Wildman–Crippen MR) is 83.1 cm³/mol. The third-order valence-corrected chi connectivity index (χ3v) is 3.03. The number of aromatic nitrogens is 1. The Labute approximate surface area is 129 Å². The molecule has 0 atom stereocenters. The van der Waals surface area contributed by atoms with E-state index in [1.807, 2.05) is 6.07 Å². The number of methoxy groups -OCH3 is 2. The van der Waals surface area contributed by atoms with E-state index in [4.69, 9.17) is 19.2 Å². The van der Waals surface area contributed by atoms with Crippen molar-refractivity contribution in [3.05, 3.63) is 23.9 Å². The Bertz CT molecular complexity index is 686. The van der Waals surface area contributed by atoms with Crippen LogP contribution in [0.25, 0.3) is 11.5 Å². The minimum absolute atomic E-state index is 0.241. The Morgan fingerprint density at radius 2 is 2.00 bits per heavy atom. The third kappa shape index (κ3) is 3.31. The SMILES string of the molecule is COc1ccc(-c2nc(C#N)c(NCC(C)C)o2)cc1OC. The second kappa shape index (κ2) is 6.85. The minimum atomic E-state index is 0.241. The molecular formula is C16H19N3O3. The Kier molecular flexibility index (Phi) is 4.89. The van der Waals surface area contributed by atoms with E-state index in [2.05, 4.69) is 24.1 Å². The molecule has 0 bridgehead atoms. The molecule has 0 fully saturated rings. The first-order chi connectivity index (χ1) is 10.6. The molecular weight excluding hydrogens is 282 g/mol. The molecule has 1 N–H and O–H groups in total. The van der Waals surface area contributed by atoms with Gasteiger partial charge in [-0.25, -0.2) is 0 Å². The van der Waals surface area contributed by atoms with Crippen molar-refractivity contribution in [2.24, 2.45) is 5.92 Å². The predicted octanol–water partition coefficient (Wildman–Crippen LogP) is 3.30. The quantitative estimate of drug-likeness (QED) is 0.881. The summed E-state index contributed by atoms with van der Waals surface area (Å²) in [5, 5.41) is 12.3. The zero-order valence-electron chi connectivity index (χ0n) is 13.1. The van der Waals surface area contributed by atoms with Gasteiger partial charge in [0, 0.05) is 12.1 Å². The monoisotopic (exact) mass is 301 g/mol. The highest BCUT2D eigenvalue weighted by atomic mass is 16.5. The number of nitriles is 1. The van der Waals surface area contributed by atoms with Crippen LogP contribution < -0.4 is 14.8 Å². The molecule has 0 saturated heterocycles. The number of anilines is 1. The third-order valence-electron chi connectivity index (χ3n) is 3.03. The van der Waals surface area contributed by atoms with Gasteiger partial charge in [-0.3, -0.25) is 0 Å². The van der Waals surface area contributed by atoms with Gasteiger partial charge in [-0.1, -0.05) is 13.8 Å². The average Bonchev–Trinajstić information content (AvgIpc) is 2.95. The molecule has 1 aromatic carbocycles. The number of ether oxygens (including phenoxy) is 2. The number of rotatable bonds is 6. The lowest BCUT2D eigenvalue weighted by Gasteiger charge is -2.08. The second-order valence-corrected chi connectivity index (χ2v) is 5.15. The Hall–Kier alpha value is -2.68. The molecule has 0 aliphatic carbocycles. The average molecular weight is 301 g/mol. The highest BCUT2D eigenvalue weighted by Gasteiger charge is 2.16. The highest BCUT2D eigenvalue weighted by molar-refractivity contribution is 5.63. The molecule has 1 aromatic heterocycles. The summed E-state index contributed by atoms with van der Waals surface area (Å²) in [5.41, 5.74) is 0.956. The summed E-state index contributed by atoms with van der Waals surface area (Å²) in [6, 6.07) is 7.37. The number of oxazole rings is 1. The fraction of sp³-hybridized carbons (Fsp3) is 0.375. The van der Waals surface area contributed by atoms with Crippen LogP contribution in [-0.2, 0) is 0 Å². The van der Waals surface area contributed by atoms with Crippen LogP contribution in [0.2, 0.25) is 0 Å². The number of nitrogens with zero attached hydrogens (tertiary/aromatic N) is 2. The Morgan fingerprint density at radius 1 is 1.27 bits per heavy atom. The molecule has 0 aliphatic rings. The van der Waals surface area contributed by atoms with Crippen LogP contribution >= 0.6 is 0 Å². The fourth-order valence-corrected chi connectivity index (χ4v) is 1.91. The molecule has 1 heterocycles. The topological polar surface area (TPSA) is 80.3 Å². The zero-order chi connectivity index (χ0) is 16.1. The molecule has 6 heteroatoms. The highest BCUT2D eigenvalue weighted by Crippen LogP contribution is 2.33. The summed E-state index contributed by atoms with van der Waals surface area (Å²) in [4.78, 5) is 4.22. The summed E-state index contributed by atoms with van der Waals surface area (Å²) in [7, 11) is 3.14. The van der Waals surface area contributed by atoms with Gasteiger partial charge >= 0.3 is 0 Å². The number of hydrogen-bond acceptors (Lipinski definition) is 6. The first-order valence-electron chi connectivity index (χ1n) is 6.96. The molecule has 0 saturated carbocycles. The van der Waals surface area contributed by atoms with E-state index >= 15 is 0 Å². The second-order valence-electron chi connectivity index (χ2n) is 5.15. The van der Waals surface area contributed by atoms with Crippen LogP contribution in [-0.4, -0.2) is 25.7 Å². The number of benzene rings is 1. The van der Waals surface area contributed by atoms with Gasteiger partial charge in [-0.05, 0) is 24.1 Å². The van der Waals surface area contributed by atoms with Crippen LogP contribution in [0.1, 0.15) is 19.5 Å². The van der Waals surface area contributed by atoms with Crippen LogP contribution in [0.5, 0.6) is 11.5 Å². The molecule has 2 rings (SSSR count). The first kappa shape index (κ1) is 15.7. The lowest BCUT2D eigenvalue weighted by Crippen LogP contribution is -2.08. The largest absolute Gasteiger partial charge is 0.493 e. The molecule has 2 aromatic rings. The van der Waals surface area contributed by atoms with Gasteiger partial charge < -0.3 is 19.2 Å². The molecule has 0 unspecified atom stereocenters. The first-order valence-corrected chi connectivity index (χ1v) is 6.96. The number of hydrogen-bond donors (Lipinski definition) is 1. The van der Waals surface area contributed by atoms with E-state index in [9.17, 15) is 0 Å². The number of nitrogens with one attached hydrogen (secondary N) is 1. The Morgan fingerprint density at radius 3 is 2.59 bits per heavy atom. The standard InChI is InChI=1S/C16H19N3O3/c1-10(2)9-18-16-12(8-17)19-15(22-16)11-5-6-13(20-3)14(7-11)21-4/h5-7,10,18H,9H2,1-4H3. The van der Waals surface area contributed by atoms with Crippen LogP contribution in [0, 0.1) is 17.2 Å². The summed E-state index contributed by atoms with van der Waals surface area (Å²) in [6.07, 6.45) is 0. The van der Waals surface area contributed by atoms with Crippen molar-refractivity contribution < 1.29 is 13.9 Å². The van der Waals surface area contributed by atoms with Crippen LogP contribution in [0.4, 0.5) is 5.88 Å². The summed E-state index contributed by atoms with van der Waals surface area (Å²) in [6.45, 7) is 4.85. The lowest BCUT2D eigenvalue weighted by atomic mass is 10.2. The van der Waals surface area contributed by atoms with E-state index < -0.39 is 0 Å². The van der Waals surface area contributed by atoms with Gasteiger partial charge in [0.25, 0.3) is 0 Å². The summed E-state index contributed by atoms with van der Waals surface area (Å²) >= 11 is 0. The van der Waals surface area contributed by atoms with Crippen molar-refractivity contribution in [3.63, 3.8) is 0 Å². The molecule has 0 radical (unpaired) electrons. The zero-order valence-corrected chi connectivity index (χ0v) is 13.1. The van der Waals surface area contributed by atoms with Crippen molar-refractivity contribution >= 4 is 5.88 Å². The van der Waals surface area contributed by atoms with Crippen molar-refractivity contribution in [3.8, 4) is 29.0 Å². The molecule has 0 spiro atoms. The maximum atomic E-state index is 9.17. The molecule has 0 amide bonds. The lowest BCUT2D eigenvalue weighted by molar-refractivity contribution is 0.355. The fourth-order valence-electron chi connectivity index (χ4n) is 1.91. The van der Waals surface area contributed by atoms with Gasteiger partial charge in [0.2, 0.25) is 17.5 Å². The van der Waals surface area contributed by atoms with Crippen molar-refractivity contribution in [2.75, 3.05) is 26.1 Å². The molecule has 116 valence electrons. The minimum Gasteiger partial charge on any atom is -0.493 e. The van der Waals surface area contributed by atoms with Crippen molar-refractivity contribution in [1.82, 2.24) is 4.98 Å². The van der Waals surface area contributed by atoms with E-state index in [0.717, 1.165) is 0 Å². The normalized spacial score (nSPS) is 10.4. The van der Waals surface area contributed by atoms with E-state index in [-0.39, 0.29) is 5.69 Å². The van der Waals surface area contributed by atoms with E-state index in [1.54, 1.807) is 32.4 Å². The van der Waals surface area contributed by atoms with Crippen LogP contribution in [0.3, 0.4) is 0 Å². The van der Waals surface area contributed by atoms with E-state index in [0.29, 0.717) is 41.3 Å². The summed E-state index contributed by atoms with van der Waals surface area (Å²) < 4.78 is 16.1.